The van der Waals surface area contributed by atoms with Crippen molar-refractivity contribution in [1.29, 1.82) is 0 Å². The lowest BCUT2D eigenvalue weighted by Gasteiger charge is -2.35. The number of halogens is 1. The molecule has 1 amide bonds. The molecule has 13 nitrogen and oxygen atoms in total. The van der Waals surface area contributed by atoms with Crippen molar-refractivity contribution in [2.75, 3.05) is 46.9 Å². The molecule has 4 atom stereocenters. The summed E-state index contributed by atoms with van der Waals surface area (Å²) in [6.45, 7) is 3.03. The number of hydrogen-bond donors (Lipinski definition) is 3. The van der Waals surface area contributed by atoms with Gasteiger partial charge in [-0.2, -0.15) is 19.7 Å². The molecule has 8 rings (SSSR count). The molecule has 2 unspecified atom stereocenters. The molecule has 4 aliphatic rings. The Hall–Kier alpha value is -5.10. The lowest BCUT2D eigenvalue weighted by atomic mass is 9.92. The topological polar surface area (TPSA) is 147 Å². The second kappa shape index (κ2) is 12.9. The zero-order valence-electron chi connectivity index (χ0n) is 28.5. The Balaban J connectivity index is 1.21. The van der Waals surface area contributed by atoms with E-state index in [2.05, 4.69) is 37.6 Å². The van der Waals surface area contributed by atoms with Crippen molar-refractivity contribution in [3.63, 3.8) is 0 Å². The van der Waals surface area contributed by atoms with Crippen LogP contribution in [0.3, 0.4) is 0 Å². The number of phenols is 1. The normalized spacial score (nSPS) is 24.3. The highest BCUT2D eigenvalue weighted by Gasteiger charge is 2.50. The third kappa shape index (κ3) is 5.85. The van der Waals surface area contributed by atoms with Crippen LogP contribution < -0.4 is 20.9 Å². The van der Waals surface area contributed by atoms with Gasteiger partial charge in [-0.3, -0.25) is 9.69 Å². The van der Waals surface area contributed by atoms with Crippen molar-refractivity contribution in [2.24, 2.45) is 0 Å². The molecule has 3 N–H and O–H groups in total. The summed E-state index contributed by atoms with van der Waals surface area (Å²) in [5, 5.41) is 23.4. The molecule has 3 saturated heterocycles. The third-order valence-electron chi connectivity index (χ3n) is 10.7. The van der Waals surface area contributed by atoms with Crippen LogP contribution in [0.5, 0.6) is 11.8 Å². The molecule has 14 heteroatoms. The average molecular weight is 695 g/mol. The van der Waals surface area contributed by atoms with E-state index in [4.69, 9.17) is 20.9 Å². The van der Waals surface area contributed by atoms with Gasteiger partial charge in [-0.25, -0.2) is 9.18 Å². The average Bonchev–Trinajstić information content (AvgIpc) is 3.69. The third-order valence-corrected chi connectivity index (χ3v) is 10.7. The molecule has 0 radical (unpaired) electrons. The van der Waals surface area contributed by atoms with Gasteiger partial charge in [0.1, 0.15) is 30.3 Å². The van der Waals surface area contributed by atoms with Gasteiger partial charge in [-0.05, 0) is 61.7 Å². The Kier molecular flexibility index (Phi) is 8.36. The number of aromatic nitrogens is 4. The molecule has 2 aromatic heterocycles. The molecule has 264 valence electrons. The van der Waals surface area contributed by atoms with Crippen LogP contribution in [0.4, 0.5) is 9.18 Å². The molecule has 2 aromatic carbocycles. The van der Waals surface area contributed by atoms with Crippen molar-refractivity contribution >= 4 is 33.3 Å². The minimum absolute atomic E-state index is 0.0459. The second-order valence-electron chi connectivity index (χ2n) is 14.1. The molecule has 6 heterocycles. The highest BCUT2D eigenvalue weighted by Crippen LogP contribution is 2.43. The number of hydrogen-bond acceptors (Lipinski definition) is 11. The summed E-state index contributed by atoms with van der Waals surface area (Å²) in [6.07, 6.45) is 13.3. The van der Waals surface area contributed by atoms with Crippen LogP contribution in [0.15, 0.2) is 41.3 Å². The first-order valence-corrected chi connectivity index (χ1v) is 17.3. The van der Waals surface area contributed by atoms with Crippen LogP contribution in [0.1, 0.15) is 43.4 Å². The molecule has 3 fully saturated rings. The van der Waals surface area contributed by atoms with E-state index < -0.39 is 11.4 Å². The number of nitrogens with zero attached hydrogens (tertiary/aromatic N) is 6. The van der Waals surface area contributed by atoms with Gasteiger partial charge in [-0.1, -0.05) is 18.1 Å². The number of terminal acetylenes is 1. The van der Waals surface area contributed by atoms with E-state index in [-0.39, 0.29) is 63.7 Å². The predicted octanol–water partition coefficient (Wildman–Crippen LogP) is 2.95. The Labute approximate surface area is 293 Å². The van der Waals surface area contributed by atoms with E-state index in [0.717, 1.165) is 55.6 Å². The number of amides is 1. The van der Waals surface area contributed by atoms with Gasteiger partial charge in [0.25, 0.3) is 5.56 Å². The Bertz CT molecular complexity index is 2200. The number of fused-ring (bicyclic) bond motifs is 5. The fraction of sp³-hybridized carbons (Fsp3) is 0.432. The molecule has 51 heavy (non-hydrogen) atoms. The SMILES string of the molecule is C#Cc1c(F)ccc2cc(O)cc(-n3ncc4c(C5=CC6CNCC(C5)N6)nc(OC[C@]56CCCN5[C@@H](COC(=O)N(C)C)CC6)nc4c3=O)c12. The van der Waals surface area contributed by atoms with Crippen molar-refractivity contribution in [2.45, 2.75) is 55.8 Å². The fourth-order valence-corrected chi connectivity index (χ4v) is 8.30. The molecular weight excluding hydrogens is 655 g/mol. The molecule has 0 saturated carbocycles. The largest absolute Gasteiger partial charge is 0.508 e. The summed E-state index contributed by atoms with van der Waals surface area (Å²) < 4.78 is 28.0. The smallest absolute Gasteiger partial charge is 0.409 e. The first-order chi connectivity index (χ1) is 24.6. The van der Waals surface area contributed by atoms with Crippen molar-refractivity contribution in [1.82, 2.24) is 40.2 Å². The summed E-state index contributed by atoms with van der Waals surface area (Å²) in [5.74, 6) is 1.62. The maximum Gasteiger partial charge on any atom is 0.409 e. The fourth-order valence-electron chi connectivity index (χ4n) is 8.30. The predicted molar refractivity (Wildman–Crippen MR) is 188 cm³/mol. The number of ether oxygens (including phenoxy) is 2. The summed E-state index contributed by atoms with van der Waals surface area (Å²) in [7, 11) is 3.33. The number of phenolic OH excluding ortho intramolecular Hbond substituents is 1. The number of carbonyl (C=O) groups is 1. The molecule has 2 bridgehead atoms. The molecule has 0 aliphatic carbocycles. The van der Waals surface area contributed by atoms with Gasteiger partial charge in [0.05, 0.1) is 34.1 Å². The standard InChI is InChI=1S/C37H39FN8O5/c1-4-27-29(38)7-6-21-14-26(47)15-30(31(21)27)46-34(48)33-28(18-40-46)32(22-12-23-16-39-17-24(13-22)41-23)42-35(43-33)51-20-37-9-5-11-45(37)25(8-10-37)19-50-36(49)44(2)3/h1,6-7,12,14-15,18,23-25,39,41,47H,5,8-11,13,16-17,19-20H2,2-3H3/t23?,24?,25-,37-/m1/s1. The van der Waals surface area contributed by atoms with E-state index >= 15 is 0 Å². The molecule has 4 aromatic rings. The van der Waals surface area contributed by atoms with E-state index in [0.29, 0.717) is 36.1 Å². The van der Waals surface area contributed by atoms with Crippen LogP contribution in [0.25, 0.3) is 32.9 Å². The van der Waals surface area contributed by atoms with Crippen LogP contribution in [0, 0.1) is 18.2 Å². The number of benzene rings is 2. The number of piperazine rings is 1. The lowest BCUT2D eigenvalue weighted by Crippen LogP contribution is -2.56. The molecule has 4 aliphatic heterocycles. The quantitative estimate of drug-likeness (QED) is 0.246. The second-order valence-corrected chi connectivity index (χ2v) is 14.1. The van der Waals surface area contributed by atoms with Crippen LogP contribution >= 0.6 is 0 Å². The number of rotatable bonds is 7. The summed E-state index contributed by atoms with van der Waals surface area (Å²) in [4.78, 5) is 40.0. The number of carbonyl (C=O) groups excluding carboxylic acids is 1. The van der Waals surface area contributed by atoms with Crippen molar-refractivity contribution in [3.8, 4) is 29.8 Å². The Morgan fingerprint density at radius 1 is 1.24 bits per heavy atom. The van der Waals surface area contributed by atoms with Gasteiger partial charge in [0, 0.05) is 56.8 Å². The minimum atomic E-state index is -0.630. The highest BCUT2D eigenvalue weighted by atomic mass is 19.1. The minimum Gasteiger partial charge on any atom is -0.508 e. The van der Waals surface area contributed by atoms with Gasteiger partial charge in [0.2, 0.25) is 0 Å². The van der Waals surface area contributed by atoms with Gasteiger partial charge < -0.3 is 30.1 Å². The maximum absolute atomic E-state index is 14.9. The zero-order valence-corrected chi connectivity index (χ0v) is 28.5. The van der Waals surface area contributed by atoms with Crippen molar-refractivity contribution in [3.05, 3.63) is 64.0 Å². The summed E-state index contributed by atoms with van der Waals surface area (Å²) >= 11 is 0. The molecule has 0 spiro atoms. The van der Waals surface area contributed by atoms with Gasteiger partial charge in [0.15, 0.2) is 0 Å². The first kappa shape index (κ1) is 33.1. The van der Waals surface area contributed by atoms with Crippen LogP contribution in [-0.4, -0.2) is 111 Å². The number of aromatic hydroxyl groups is 1. The first-order valence-electron chi connectivity index (χ1n) is 17.3. The van der Waals surface area contributed by atoms with Gasteiger partial charge in [-0.15, -0.1) is 6.42 Å². The van der Waals surface area contributed by atoms with E-state index in [1.165, 1.54) is 35.4 Å². The van der Waals surface area contributed by atoms with Crippen molar-refractivity contribution < 1.29 is 23.8 Å². The van der Waals surface area contributed by atoms with E-state index in [9.17, 15) is 19.1 Å². The Morgan fingerprint density at radius 3 is 2.90 bits per heavy atom. The number of nitrogens with one attached hydrogen (secondary N) is 2. The van der Waals surface area contributed by atoms with Crippen LogP contribution in [-0.2, 0) is 4.74 Å². The summed E-state index contributed by atoms with van der Waals surface area (Å²) in [5.41, 5.74) is 0.812. The Morgan fingerprint density at radius 2 is 2.10 bits per heavy atom. The monoisotopic (exact) mass is 694 g/mol. The van der Waals surface area contributed by atoms with Crippen LogP contribution in [0.2, 0.25) is 0 Å². The highest BCUT2D eigenvalue weighted by molar-refractivity contribution is 5.97. The summed E-state index contributed by atoms with van der Waals surface area (Å²) in [6, 6.07) is 5.94. The maximum atomic E-state index is 14.9. The van der Waals surface area contributed by atoms with Gasteiger partial charge >= 0.3 is 12.1 Å². The van der Waals surface area contributed by atoms with E-state index in [1.807, 2.05) is 0 Å². The van der Waals surface area contributed by atoms with E-state index in [1.54, 1.807) is 14.1 Å². The molecular formula is C37H39FN8O5. The zero-order chi connectivity index (χ0) is 35.4. The lowest BCUT2D eigenvalue weighted by molar-refractivity contribution is 0.0484.